The molecule has 0 saturated heterocycles. The van der Waals surface area contributed by atoms with E-state index in [9.17, 15) is 9.59 Å². The standard InChI is InChI=1S/C17H21NO2.C11H16N2O2/c1-4-18(5-2)17(19)13(3)20-16-12-8-10-14-9-6-7-11-15(14)16;1-8-7-9(15-11(14)12-2)5-6-10(8)13(3)4/h6-13H,4-5H2,1-3H3;5-7H,1-4H3,(H,12,14). The van der Waals surface area contributed by atoms with E-state index in [2.05, 4.69) is 5.32 Å². The van der Waals surface area contributed by atoms with E-state index in [4.69, 9.17) is 9.47 Å². The van der Waals surface area contributed by atoms with Crippen molar-refractivity contribution in [1.29, 1.82) is 0 Å². The van der Waals surface area contributed by atoms with Gasteiger partial charge in [-0.1, -0.05) is 36.4 Å². The van der Waals surface area contributed by atoms with Crippen LogP contribution in [0.3, 0.4) is 0 Å². The molecule has 1 atom stereocenters. The van der Waals surface area contributed by atoms with Crippen molar-refractivity contribution in [2.24, 2.45) is 0 Å². The molecule has 0 aromatic heterocycles. The summed E-state index contributed by atoms with van der Waals surface area (Å²) in [5, 5.41) is 4.55. The highest BCUT2D eigenvalue weighted by molar-refractivity contribution is 5.89. The van der Waals surface area contributed by atoms with Gasteiger partial charge in [0.1, 0.15) is 11.5 Å². The maximum absolute atomic E-state index is 12.2. The maximum Gasteiger partial charge on any atom is 0.412 e. The van der Waals surface area contributed by atoms with Gasteiger partial charge in [0.25, 0.3) is 5.91 Å². The maximum atomic E-state index is 12.2. The van der Waals surface area contributed by atoms with Gasteiger partial charge in [-0.25, -0.2) is 4.79 Å². The molecule has 0 aliphatic heterocycles. The van der Waals surface area contributed by atoms with Crippen LogP contribution in [0.5, 0.6) is 11.5 Å². The monoisotopic (exact) mass is 479 g/mol. The predicted molar refractivity (Wildman–Crippen MR) is 143 cm³/mol. The number of anilines is 1. The van der Waals surface area contributed by atoms with Gasteiger partial charge in [0.15, 0.2) is 6.10 Å². The number of likely N-dealkylation sites (N-methyl/N-ethyl adjacent to an activating group) is 1. The number of hydrogen-bond donors (Lipinski definition) is 1. The molecular formula is C28H37N3O4. The van der Waals surface area contributed by atoms with Gasteiger partial charge >= 0.3 is 6.09 Å². The lowest BCUT2D eigenvalue weighted by Gasteiger charge is -2.23. The Hall–Kier alpha value is -3.74. The number of ether oxygens (including phenoxy) is 2. The van der Waals surface area contributed by atoms with Crippen LogP contribution in [0.1, 0.15) is 26.3 Å². The summed E-state index contributed by atoms with van der Waals surface area (Å²) in [7, 11) is 5.48. The molecule has 7 nitrogen and oxygen atoms in total. The van der Waals surface area contributed by atoms with Gasteiger partial charge in [0.05, 0.1) is 0 Å². The molecule has 0 bridgehead atoms. The Morgan fingerprint density at radius 3 is 2.23 bits per heavy atom. The van der Waals surface area contributed by atoms with Crippen molar-refractivity contribution in [3.63, 3.8) is 0 Å². The summed E-state index contributed by atoms with van der Waals surface area (Å²) < 4.78 is 10.9. The summed E-state index contributed by atoms with van der Waals surface area (Å²) in [6, 6.07) is 19.5. The summed E-state index contributed by atoms with van der Waals surface area (Å²) in [4.78, 5) is 27.0. The predicted octanol–water partition coefficient (Wildman–Crippen LogP) is 5.25. The van der Waals surface area contributed by atoms with E-state index in [0.29, 0.717) is 18.8 Å². The minimum absolute atomic E-state index is 0.0305. The molecule has 2 amide bonds. The van der Waals surface area contributed by atoms with E-state index in [1.54, 1.807) is 11.0 Å². The van der Waals surface area contributed by atoms with Crippen LogP contribution in [0.15, 0.2) is 60.7 Å². The average molecular weight is 480 g/mol. The Labute approximate surface area is 208 Å². The van der Waals surface area contributed by atoms with E-state index >= 15 is 0 Å². The molecular weight excluding hydrogens is 442 g/mol. The zero-order valence-corrected chi connectivity index (χ0v) is 21.8. The van der Waals surface area contributed by atoms with Crippen LogP contribution in [0.4, 0.5) is 10.5 Å². The van der Waals surface area contributed by atoms with Gasteiger partial charge in [-0.3, -0.25) is 4.79 Å². The van der Waals surface area contributed by atoms with Crippen LogP contribution < -0.4 is 19.7 Å². The lowest BCUT2D eigenvalue weighted by atomic mass is 10.1. The number of carbonyl (C=O) groups is 2. The molecule has 3 aromatic carbocycles. The summed E-state index contributed by atoms with van der Waals surface area (Å²) in [5.74, 6) is 1.34. The fourth-order valence-corrected chi connectivity index (χ4v) is 3.68. The highest BCUT2D eigenvalue weighted by atomic mass is 16.6. The highest BCUT2D eigenvalue weighted by Crippen LogP contribution is 2.26. The fraction of sp³-hybridized carbons (Fsp3) is 0.357. The summed E-state index contributed by atoms with van der Waals surface area (Å²) in [6.45, 7) is 9.16. The second-order valence-electron chi connectivity index (χ2n) is 8.23. The number of hydrogen-bond acceptors (Lipinski definition) is 5. The fourth-order valence-electron chi connectivity index (χ4n) is 3.68. The highest BCUT2D eigenvalue weighted by Gasteiger charge is 2.20. The van der Waals surface area contributed by atoms with E-state index < -0.39 is 12.2 Å². The van der Waals surface area contributed by atoms with Crippen molar-refractivity contribution in [3.8, 4) is 11.5 Å². The topological polar surface area (TPSA) is 71.1 Å². The van der Waals surface area contributed by atoms with Gasteiger partial charge < -0.3 is 24.6 Å². The number of carbonyl (C=O) groups excluding carboxylic acids is 2. The van der Waals surface area contributed by atoms with Gasteiger partial charge in [-0.15, -0.1) is 0 Å². The first-order chi connectivity index (χ1) is 16.7. The molecule has 0 aliphatic carbocycles. The molecule has 35 heavy (non-hydrogen) atoms. The first kappa shape index (κ1) is 27.5. The molecule has 0 spiro atoms. The minimum atomic E-state index is -0.472. The molecule has 0 heterocycles. The van der Waals surface area contributed by atoms with E-state index in [1.807, 2.05) is 101 Å². The first-order valence-corrected chi connectivity index (χ1v) is 11.8. The van der Waals surface area contributed by atoms with Crippen LogP contribution in [-0.2, 0) is 4.79 Å². The quantitative estimate of drug-likeness (QED) is 0.501. The van der Waals surface area contributed by atoms with Crippen LogP contribution in [0.2, 0.25) is 0 Å². The Bertz CT molecular complexity index is 1120. The molecule has 188 valence electrons. The van der Waals surface area contributed by atoms with Crippen molar-refractivity contribution < 1.29 is 19.1 Å². The van der Waals surface area contributed by atoms with Crippen molar-refractivity contribution in [1.82, 2.24) is 10.2 Å². The number of fused-ring (bicyclic) bond motifs is 1. The van der Waals surface area contributed by atoms with Gasteiger partial charge in [-0.05, 0) is 62.9 Å². The summed E-state index contributed by atoms with van der Waals surface area (Å²) in [6.07, 6.45) is -0.923. The van der Waals surface area contributed by atoms with Gasteiger partial charge in [-0.2, -0.15) is 0 Å². The van der Waals surface area contributed by atoms with Crippen LogP contribution in [-0.4, -0.2) is 57.2 Å². The molecule has 0 aliphatic rings. The molecule has 3 rings (SSSR count). The molecule has 3 aromatic rings. The second-order valence-corrected chi connectivity index (χ2v) is 8.23. The van der Waals surface area contributed by atoms with Crippen LogP contribution >= 0.6 is 0 Å². The molecule has 1 N–H and O–H groups in total. The van der Waals surface area contributed by atoms with Crippen molar-refractivity contribution in [2.45, 2.75) is 33.8 Å². The van der Waals surface area contributed by atoms with Crippen molar-refractivity contribution in [3.05, 3.63) is 66.2 Å². The lowest BCUT2D eigenvalue weighted by molar-refractivity contribution is -0.137. The zero-order chi connectivity index (χ0) is 26.0. The number of nitrogens with one attached hydrogen (secondary N) is 1. The third-order valence-electron chi connectivity index (χ3n) is 5.54. The normalized spacial score (nSPS) is 11.1. The molecule has 0 radical (unpaired) electrons. The lowest BCUT2D eigenvalue weighted by Crippen LogP contribution is -2.40. The number of aryl methyl sites for hydroxylation is 1. The third kappa shape index (κ3) is 7.64. The molecule has 7 heteroatoms. The Morgan fingerprint density at radius 2 is 1.63 bits per heavy atom. The molecule has 0 fully saturated rings. The van der Waals surface area contributed by atoms with Crippen LogP contribution in [0, 0.1) is 6.92 Å². The van der Waals surface area contributed by atoms with E-state index in [1.165, 1.54) is 7.05 Å². The molecule has 1 unspecified atom stereocenters. The molecule has 0 saturated carbocycles. The summed E-state index contributed by atoms with van der Waals surface area (Å²) in [5.41, 5.74) is 2.18. The van der Waals surface area contributed by atoms with Gasteiger partial charge in [0, 0.05) is 45.3 Å². The largest absolute Gasteiger partial charge is 0.480 e. The Balaban J connectivity index is 0.000000258. The number of amides is 2. The van der Waals surface area contributed by atoms with Crippen molar-refractivity contribution in [2.75, 3.05) is 39.1 Å². The number of benzene rings is 3. The zero-order valence-electron chi connectivity index (χ0n) is 21.8. The minimum Gasteiger partial charge on any atom is -0.480 e. The first-order valence-electron chi connectivity index (χ1n) is 11.8. The Morgan fingerprint density at radius 1 is 0.971 bits per heavy atom. The SMILES string of the molecule is CCN(CC)C(=O)C(C)Oc1cccc2ccccc12.CNC(=O)Oc1ccc(N(C)C)c(C)c1. The van der Waals surface area contributed by atoms with E-state index in [-0.39, 0.29) is 5.91 Å². The van der Waals surface area contributed by atoms with Crippen molar-refractivity contribution >= 4 is 28.5 Å². The second kappa shape index (κ2) is 13.2. The van der Waals surface area contributed by atoms with Crippen LogP contribution in [0.25, 0.3) is 10.8 Å². The number of rotatable bonds is 7. The summed E-state index contributed by atoms with van der Waals surface area (Å²) >= 11 is 0. The number of nitrogens with zero attached hydrogens (tertiary/aromatic N) is 2. The third-order valence-corrected chi connectivity index (χ3v) is 5.54. The van der Waals surface area contributed by atoms with E-state index in [0.717, 1.165) is 27.8 Å². The Kier molecular flexibility index (Phi) is 10.4. The average Bonchev–Trinajstić information content (AvgIpc) is 2.85. The smallest absolute Gasteiger partial charge is 0.412 e. The van der Waals surface area contributed by atoms with Gasteiger partial charge in [0.2, 0.25) is 0 Å².